The second-order valence-electron chi connectivity index (χ2n) is 7.42. The summed E-state index contributed by atoms with van der Waals surface area (Å²) in [6.45, 7) is 4.88. The van der Waals surface area contributed by atoms with Crippen molar-refractivity contribution in [1.29, 1.82) is 0 Å². The Kier molecular flexibility index (Phi) is 5.51. The molecule has 148 valence electrons. The lowest BCUT2D eigenvalue weighted by molar-refractivity contribution is 0.473. The number of phenols is 1. The van der Waals surface area contributed by atoms with Gasteiger partial charge in [-0.15, -0.1) is 11.3 Å². The Bertz CT molecular complexity index is 1160. The summed E-state index contributed by atoms with van der Waals surface area (Å²) in [4.78, 5) is 13.2. The standard InChI is InChI=1S/C24H23NO3S/c1-15(2)16-5-7-17(8-6-16)24(22-4-3-11-29-22)25-14-18-12-23(27)28-21-13-19(26)9-10-20(18)21/h3-13,15,24-26H,14H2,1-2H3/t24-/m0/s1. The number of thiophene rings is 1. The van der Waals surface area contributed by atoms with Gasteiger partial charge in [0, 0.05) is 28.9 Å². The van der Waals surface area contributed by atoms with Crippen LogP contribution >= 0.6 is 11.3 Å². The van der Waals surface area contributed by atoms with E-state index in [4.69, 9.17) is 4.42 Å². The molecule has 2 aromatic carbocycles. The van der Waals surface area contributed by atoms with E-state index in [9.17, 15) is 9.90 Å². The van der Waals surface area contributed by atoms with Crippen LogP contribution in [0.4, 0.5) is 0 Å². The molecule has 4 aromatic rings. The highest BCUT2D eigenvalue weighted by Crippen LogP contribution is 2.29. The molecule has 29 heavy (non-hydrogen) atoms. The van der Waals surface area contributed by atoms with Gasteiger partial charge in [-0.2, -0.15) is 0 Å². The fourth-order valence-electron chi connectivity index (χ4n) is 3.49. The molecule has 0 amide bonds. The summed E-state index contributed by atoms with van der Waals surface area (Å²) in [7, 11) is 0. The monoisotopic (exact) mass is 405 g/mol. The van der Waals surface area contributed by atoms with Crippen molar-refractivity contribution in [3.63, 3.8) is 0 Å². The number of fused-ring (bicyclic) bond motifs is 1. The molecule has 0 fully saturated rings. The number of hydrogen-bond donors (Lipinski definition) is 2. The summed E-state index contributed by atoms with van der Waals surface area (Å²) in [6.07, 6.45) is 0. The molecule has 0 aliphatic rings. The zero-order valence-corrected chi connectivity index (χ0v) is 17.2. The third-order valence-electron chi connectivity index (χ3n) is 5.07. The third kappa shape index (κ3) is 4.26. The summed E-state index contributed by atoms with van der Waals surface area (Å²) >= 11 is 1.70. The van der Waals surface area contributed by atoms with E-state index in [1.807, 2.05) is 6.07 Å². The molecule has 1 atom stereocenters. The smallest absolute Gasteiger partial charge is 0.336 e. The Hall–Kier alpha value is -2.89. The van der Waals surface area contributed by atoms with Crippen molar-refractivity contribution < 1.29 is 9.52 Å². The molecule has 0 aliphatic heterocycles. The minimum absolute atomic E-state index is 0.0237. The van der Waals surface area contributed by atoms with E-state index in [1.165, 1.54) is 28.1 Å². The highest BCUT2D eigenvalue weighted by molar-refractivity contribution is 7.10. The number of nitrogens with one attached hydrogen (secondary N) is 1. The van der Waals surface area contributed by atoms with Gasteiger partial charge in [0.1, 0.15) is 11.3 Å². The fraction of sp³-hybridized carbons (Fsp3) is 0.208. The van der Waals surface area contributed by atoms with E-state index in [0.717, 1.165) is 10.9 Å². The van der Waals surface area contributed by atoms with Gasteiger partial charge in [-0.25, -0.2) is 4.79 Å². The van der Waals surface area contributed by atoms with Crippen LogP contribution in [-0.2, 0) is 6.54 Å². The molecule has 0 aliphatic carbocycles. The first kappa shape index (κ1) is 19.4. The summed E-state index contributed by atoms with van der Waals surface area (Å²) < 4.78 is 5.24. The molecular formula is C24H23NO3S. The van der Waals surface area contributed by atoms with Crippen LogP contribution in [0.5, 0.6) is 5.75 Å². The summed E-state index contributed by atoms with van der Waals surface area (Å²) in [5.41, 5.74) is 3.31. The highest BCUT2D eigenvalue weighted by Gasteiger charge is 2.16. The maximum atomic E-state index is 12.0. The Morgan fingerprint density at radius 2 is 1.79 bits per heavy atom. The van der Waals surface area contributed by atoms with Crippen LogP contribution in [0.3, 0.4) is 0 Å². The predicted octanol–water partition coefficient (Wildman–Crippen LogP) is 5.56. The lowest BCUT2D eigenvalue weighted by Crippen LogP contribution is -2.22. The van der Waals surface area contributed by atoms with E-state index >= 15 is 0 Å². The maximum Gasteiger partial charge on any atom is 0.336 e. The van der Waals surface area contributed by atoms with Gasteiger partial charge in [0.05, 0.1) is 6.04 Å². The van der Waals surface area contributed by atoms with Crippen molar-refractivity contribution in [1.82, 2.24) is 5.32 Å². The van der Waals surface area contributed by atoms with Gasteiger partial charge < -0.3 is 14.8 Å². The van der Waals surface area contributed by atoms with Crippen LogP contribution in [0.2, 0.25) is 0 Å². The van der Waals surface area contributed by atoms with Gasteiger partial charge in [0.15, 0.2) is 0 Å². The van der Waals surface area contributed by atoms with Gasteiger partial charge in [-0.1, -0.05) is 44.2 Å². The first-order valence-corrected chi connectivity index (χ1v) is 10.5. The second kappa shape index (κ2) is 8.23. The van der Waals surface area contributed by atoms with Gasteiger partial charge in [-0.05, 0) is 46.2 Å². The summed E-state index contributed by atoms with van der Waals surface area (Å²) in [6, 6.07) is 19.3. The van der Waals surface area contributed by atoms with Crippen molar-refractivity contribution in [2.75, 3.05) is 0 Å². The largest absolute Gasteiger partial charge is 0.508 e. The molecule has 2 aromatic heterocycles. The summed E-state index contributed by atoms with van der Waals surface area (Å²) in [5, 5.41) is 16.2. The predicted molar refractivity (Wildman–Crippen MR) is 118 cm³/mol. The number of benzene rings is 2. The number of hydrogen-bond acceptors (Lipinski definition) is 5. The average Bonchev–Trinajstić information content (AvgIpc) is 3.22. The molecule has 2 heterocycles. The molecule has 0 spiro atoms. The number of aromatic hydroxyl groups is 1. The van der Waals surface area contributed by atoms with E-state index < -0.39 is 5.63 Å². The Morgan fingerprint density at radius 3 is 2.48 bits per heavy atom. The molecule has 0 unspecified atom stereocenters. The Labute approximate surface area is 173 Å². The van der Waals surface area contributed by atoms with Crippen LogP contribution in [0.25, 0.3) is 11.0 Å². The molecule has 0 bridgehead atoms. The first-order valence-electron chi connectivity index (χ1n) is 9.63. The normalized spacial score (nSPS) is 12.5. The zero-order chi connectivity index (χ0) is 20.4. The number of phenolic OH excluding ortho intramolecular Hbond substituents is 1. The molecule has 4 nitrogen and oxygen atoms in total. The second-order valence-corrected chi connectivity index (χ2v) is 8.40. The fourth-order valence-corrected chi connectivity index (χ4v) is 4.32. The topological polar surface area (TPSA) is 62.5 Å². The van der Waals surface area contributed by atoms with Gasteiger partial charge in [0.2, 0.25) is 0 Å². The van der Waals surface area contributed by atoms with E-state index in [-0.39, 0.29) is 11.8 Å². The lowest BCUT2D eigenvalue weighted by Gasteiger charge is -2.19. The summed E-state index contributed by atoms with van der Waals surface area (Å²) in [5.74, 6) is 0.566. The van der Waals surface area contributed by atoms with Gasteiger partial charge in [0.25, 0.3) is 0 Å². The van der Waals surface area contributed by atoms with Crippen molar-refractivity contribution in [2.45, 2.75) is 32.4 Å². The van der Waals surface area contributed by atoms with Crippen LogP contribution in [0.1, 0.15) is 47.4 Å². The molecule has 0 saturated carbocycles. The van der Waals surface area contributed by atoms with E-state index in [2.05, 4.69) is 54.9 Å². The van der Waals surface area contributed by atoms with Crippen molar-refractivity contribution in [2.24, 2.45) is 0 Å². The molecule has 2 N–H and O–H groups in total. The van der Waals surface area contributed by atoms with Crippen LogP contribution in [0, 0.1) is 0 Å². The zero-order valence-electron chi connectivity index (χ0n) is 16.4. The Balaban J connectivity index is 1.66. The first-order chi connectivity index (χ1) is 14.0. The average molecular weight is 406 g/mol. The van der Waals surface area contributed by atoms with Crippen LogP contribution < -0.4 is 10.9 Å². The molecular weight excluding hydrogens is 382 g/mol. The van der Waals surface area contributed by atoms with Gasteiger partial charge >= 0.3 is 5.63 Å². The van der Waals surface area contributed by atoms with Crippen molar-refractivity contribution >= 4 is 22.3 Å². The van der Waals surface area contributed by atoms with Crippen molar-refractivity contribution in [3.8, 4) is 5.75 Å². The lowest BCUT2D eigenvalue weighted by atomic mass is 9.98. The van der Waals surface area contributed by atoms with E-state index in [0.29, 0.717) is 18.0 Å². The van der Waals surface area contributed by atoms with E-state index in [1.54, 1.807) is 23.5 Å². The quantitative estimate of drug-likeness (QED) is 0.412. The molecule has 5 heteroatoms. The van der Waals surface area contributed by atoms with Crippen LogP contribution in [-0.4, -0.2) is 5.11 Å². The third-order valence-corrected chi connectivity index (χ3v) is 6.01. The number of rotatable bonds is 6. The van der Waals surface area contributed by atoms with Crippen LogP contribution in [0.15, 0.2) is 75.3 Å². The Morgan fingerprint density at radius 1 is 1.03 bits per heavy atom. The highest BCUT2D eigenvalue weighted by atomic mass is 32.1. The molecule has 4 rings (SSSR count). The van der Waals surface area contributed by atoms with Crippen molar-refractivity contribution in [3.05, 3.63) is 98.0 Å². The van der Waals surface area contributed by atoms with Gasteiger partial charge in [-0.3, -0.25) is 0 Å². The molecule has 0 saturated heterocycles. The minimum atomic E-state index is -0.422. The maximum absolute atomic E-state index is 12.0. The molecule has 0 radical (unpaired) electrons. The SMILES string of the molecule is CC(C)c1ccc([C@H](NCc2cc(=O)oc3cc(O)ccc23)c2cccs2)cc1. The minimum Gasteiger partial charge on any atom is -0.508 e.